The van der Waals surface area contributed by atoms with E-state index in [0.717, 1.165) is 21.3 Å². The molecule has 0 fully saturated rings. The molecular formula is C25H23N3O5S2. The van der Waals surface area contributed by atoms with Gasteiger partial charge >= 0.3 is 5.97 Å². The maximum Gasteiger partial charge on any atom is 0.322 e. The van der Waals surface area contributed by atoms with Crippen molar-refractivity contribution in [3.63, 3.8) is 0 Å². The monoisotopic (exact) mass is 509 g/mol. The van der Waals surface area contributed by atoms with Crippen molar-refractivity contribution >= 4 is 49.1 Å². The van der Waals surface area contributed by atoms with Gasteiger partial charge in [0.25, 0.3) is 5.91 Å². The highest BCUT2D eigenvalue weighted by Gasteiger charge is 2.28. The van der Waals surface area contributed by atoms with Crippen LogP contribution in [0.15, 0.2) is 77.7 Å². The van der Waals surface area contributed by atoms with Gasteiger partial charge in [0.2, 0.25) is 10.0 Å². The van der Waals surface area contributed by atoms with Gasteiger partial charge in [0.05, 0.1) is 15.1 Å². The van der Waals surface area contributed by atoms with Gasteiger partial charge in [0, 0.05) is 5.69 Å². The van der Waals surface area contributed by atoms with E-state index in [1.165, 1.54) is 23.5 Å². The Bertz CT molecular complexity index is 1440. The molecule has 0 unspecified atom stereocenters. The van der Waals surface area contributed by atoms with E-state index in [-0.39, 0.29) is 10.8 Å². The number of benzene rings is 3. The molecule has 1 heterocycles. The summed E-state index contributed by atoms with van der Waals surface area (Å²) < 4.78 is 28.4. The van der Waals surface area contributed by atoms with Gasteiger partial charge in [-0.3, -0.25) is 9.59 Å². The van der Waals surface area contributed by atoms with Crippen molar-refractivity contribution in [1.82, 2.24) is 9.71 Å². The molecule has 1 atom stereocenters. The highest BCUT2D eigenvalue weighted by atomic mass is 32.2. The SMILES string of the molecule is CC(C)[C@H](NS(=O)(=O)c1ccc(-c2ccc(NC(=O)c3nc4ccccc4s3)cc2)cc1)C(=O)O. The molecule has 0 bridgehead atoms. The lowest BCUT2D eigenvalue weighted by Gasteiger charge is -2.18. The van der Waals surface area contributed by atoms with Crippen molar-refractivity contribution in [1.29, 1.82) is 0 Å². The van der Waals surface area contributed by atoms with Crippen LogP contribution in [0.2, 0.25) is 0 Å². The van der Waals surface area contributed by atoms with Gasteiger partial charge in [-0.2, -0.15) is 4.72 Å². The first kappa shape index (κ1) is 24.5. The minimum atomic E-state index is -3.99. The van der Waals surface area contributed by atoms with Crippen LogP contribution in [0.4, 0.5) is 5.69 Å². The third-order valence-corrected chi connectivity index (χ3v) is 7.84. The molecule has 0 spiro atoms. The third-order valence-electron chi connectivity index (χ3n) is 5.34. The normalized spacial score (nSPS) is 12.5. The van der Waals surface area contributed by atoms with E-state index >= 15 is 0 Å². The van der Waals surface area contributed by atoms with Crippen LogP contribution < -0.4 is 10.0 Å². The summed E-state index contributed by atoms with van der Waals surface area (Å²) in [4.78, 5) is 28.3. The molecule has 3 aromatic carbocycles. The number of carboxylic acids is 1. The maximum absolute atomic E-state index is 12.6. The summed E-state index contributed by atoms with van der Waals surface area (Å²) in [6.45, 7) is 3.27. The fraction of sp³-hybridized carbons (Fsp3) is 0.160. The third kappa shape index (κ3) is 5.56. The minimum absolute atomic E-state index is 0.0205. The van der Waals surface area contributed by atoms with E-state index in [1.54, 1.807) is 38.1 Å². The van der Waals surface area contributed by atoms with Crippen molar-refractivity contribution < 1.29 is 23.1 Å². The fourth-order valence-corrected chi connectivity index (χ4v) is 5.63. The van der Waals surface area contributed by atoms with Gasteiger partial charge in [-0.05, 0) is 53.4 Å². The molecule has 10 heteroatoms. The first-order chi connectivity index (χ1) is 16.6. The van der Waals surface area contributed by atoms with E-state index in [4.69, 9.17) is 0 Å². The molecule has 180 valence electrons. The van der Waals surface area contributed by atoms with Crippen LogP contribution >= 0.6 is 11.3 Å². The predicted octanol–water partition coefficient (Wildman–Crippen LogP) is 4.60. The number of carbonyl (C=O) groups excluding carboxylic acids is 1. The average molecular weight is 510 g/mol. The Kier molecular flexibility index (Phi) is 6.97. The van der Waals surface area contributed by atoms with Gasteiger partial charge in [0.1, 0.15) is 6.04 Å². The van der Waals surface area contributed by atoms with Crippen LogP contribution in [-0.4, -0.2) is 36.4 Å². The summed E-state index contributed by atoms with van der Waals surface area (Å²) in [5.41, 5.74) is 2.98. The second kappa shape index (κ2) is 9.95. The number of fused-ring (bicyclic) bond motifs is 1. The molecule has 0 aliphatic carbocycles. The fourth-order valence-electron chi connectivity index (χ4n) is 3.43. The average Bonchev–Trinajstić information content (AvgIpc) is 3.27. The molecule has 0 aliphatic heterocycles. The summed E-state index contributed by atoms with van der Waals surface area (Å²) in [6, 6.07) is 19.6. The Morgan fingerprint density at radius 1 is 0.914 bits per heavy atom. The Balaban J connectivity index is 1.45. The molecule has 1 aromatic heterocycles. The van der Waals surface area contributed by atoms with Gasteiger partial charge in [-0.25, -0.2) is 13.4 Å². The van der Waals surface area contributed by atoms with Gasteiger partial charge in [0.15, 0.2) is 5.01 Å². The first-order valence-corrected chi connectivity index (χ1v) is 13.1. The Morgan fingerprint density at radius 3 is 2.09 bits per heavy atom. The zero-order chi connectivity index (χ0) is 25.2. The zero-order valence-corrected chi connectivity index (χ0v) is 20.6. The van der Waals surface area contributed by atoms with Gasteiger partial charge in [-0.15, -0.1) is 11.3 Å². The van der Waals surface area contributed by atoms with Crippen LogP contribution in [0.3, 0.4) is 0 Å². The summed E-state index contributed by atoms with van der Waals surface area (Å²) >= 11 is 1.32. The highest BCUT2D eigenvalue weighted by Crippen LogP contribution is 2.25. The molecule has 3 N–H and O–H groups in total. The Morgan fingerprint density at radius 2 is 1.51 bits per heavy atom. The van der Waals surface area contributed by atoms with Crippen molar-refractivity contribution in [2.45, 2.75) is 24.8 Å². The lowest BCUT2D eigenvalue weighted by atomic mass is 10.1. The number of aliphatic carboxylic acids is 1. The molecule has 0 aliphatic rings. The molecular weight excluding hydrogens is 486 g/mol. The smallest absolute Gasteiger partial charge is 0.322 e. The summed E-state index contributed by atoms with van der Waals surface area (Å²) in [5.74, 6) is -1.92. The largest absolute Gasteiger partial charge is 0.480 e. The maximum atomic E-state index is 12.6. The Labute approximate surface area is 206 Å². The number of anilines is 1. The van der Waals surface area contributed by atoms with E-state index in [0.29, 0.717) is 10.7 Å². The molecule has 0 saturated heterocycles. The first-order valence-electron chi connectivity index (χ1n) is 10.8. The summed E-state index contributed by atoms with van der Waals surface area (Å²) in [7, 11) is -3.99. The lowest BCUT2D eigenvalue weighted by Crippen LogP contribution is -2.44. The molecule has 4 rings (SSSR count). The van der Waals surface area contributed by atoms with Crippen LogP contribution in [0.25, 0.3) is 21.3 Å². The van der Waals surface area contributed by atoms with Gasteiger partial charge < -0.3 is 10.4 Å². The van der Waals surface area contributed by atoms with Crippen LogP contribution in [0.1, 0.15) is 23.6 Å². The topological polar surface area (TPSA) is 125 Å². The molecule has 0 radical (unpaired) electrons. The quantitative estimate of drug-likeness (QED) is 0.319. The number of hydrogen-bond acceptors (Lipinski definition) is 6. The number of rotatable bonds is 8. The van der Waals surface area contributed by atoms with Crippen LogP contribution in [0.5, 0.6) is 0 Å². The molecule has 4 aromatic rings. The van der Waals surface area contributed by atoms with Crippen molar-refractivity contribution in [3.8, 4) is 11.1 Å². The number of aromatic nitrogens is 1. The van der Waals surface area contributed by atoms with E-state index in [1.807, 2.05) is 36.4 Å². The molecule has 1 amide bonds. The molecule has 8 nitrogen and oxygen atoms in total. The van der Waals surface area contributed by atoms with E-state index < -0.39 is 28.0 Å². The number of thiazole rings is 1. The second-order valence-electron chi connectivity index (χ2n) is 8.22. The lowest BCUT2D eigenvalue weighted by molar-refractivity contribution is -0.140. The number of para-hydroxylation sites is 1. The highest BCUT2D eigenvalue weighted by molar-refractivity contribution is 7.89. The number of hydrogen-bond donors (Lipinski definition) is 3. The summed E-state index contributed by atoms with van der Waals surface area (Å²) in [5, 5.41) is 12.5. The standard InChI is InChI=1S/C25H23N3O5S2/c1-15(2)22(25(30)31)28-35(32,33)19-13-9-17(10-14-19)16-7-11-18(12-8-16)26-23(29)24-27-20-5-3-4-6-21(20)34-24/h3-15,22,28H,1-2H3,(H,26,29)(H,30,31)/t22-/m0/s1. The summed E-state index contributed by atoms with van der Waals surface area (Å²) in [6.07, 6.45) is 0. The van der Waals surface area contributed by atoms with Crippen molar-refractivity contribution in [2.24, 2.45) is 5.92 Å². The number of nitrogens with one attached hydrogen (secondary N) is 2. The molecule has 0 saturated carbocycles. The van der Waals surface area contributed by atoms with E-state index in [2.05, 4.69) is 15.0 Å². The number of amides is 1. The van der Waals surface area contributed by atoms with Crippen LogP contribution in [0, 0.1) is 5.92 Å². The number of carbonyl (C=O) groups is 2. The molecule has 35 heavy (non-hydrogen) atoms. The van der Waals surface area contributed by atoms with Crippen LogP contribution in [-0.2, 0) is 14.8 Å². The Hall–Kier alpha value is -3.60. The second-order valence-corrected chi connectivity index (χ2v) is 11.0. The van der Waals surface area contributed by atoms with Gasteiger partial charge in [-0.1, -0.05) is 50.2 Å². The van der Waals surface area contributed by atoms with E-state index in [9.17, 15) is 23.1 Å². The predicted molar refractivity (Wildman–Crippen MR) is 136 cm³/mol. The van der Waals surface area contributed by atoms with Crippen molar-refractivity contribution in [3.05, 3.63) is 77.8 Å². The zero-order valence-electron chi connectivity index (χ0n) is 18.9. The number of nitrogens with zero attached hydrogens (tertiary/aromatic N) is 1. The number of sulfonamides is 1. The van der Waals surface area contributed by atoms with Crippen molar-refractivity contribution in [2.75, 3.05) is 5.32 Å². The number of carboxylic acid groups (broad SMARTS) is 1. The minimum Gasteiger partial charge on any atom is -0.480 e.